The Kier molecular flexibility index (Phi) is 2.91. The third kappa shape index (κ3) is 1.95. The zero-order valence-corrected chi connectivity index (χ0v) is 4.24. The van der Waals surface area contributed by atoms with Crippen molar-refractivity contribution in [3.8, 4) is 0 Å². The molecule has 0 fully saturated rings. The maximum absolute atomic E-state index is 7.34. The molecule has 4 heavy (non-hydrogen) atoms. The molecule has 0 saturated carbocycles. The van der Waals surface area contributed by atoms with Crippen LogP contribution in [0.25, 0.3) is 10.4 Å². The van der Waals surface area contributed by atoms with Gasteiger partial charge >= 0.3 is 33.1 Å². The van der Waals surface area contributed by atoms with E-state index < -0.39 is 0 Å². The third-order valence-electron chi connectivity index (χ3n) is 0.0316. The molecule has 0 amide bonds. The van der Waals surface area contributed by atoms with Gasteiger partial charge in [-0.05, 0) is 0 Å². The minimum absolute atomic E-state index is 1.23. The monoisotopic (exact) mass is 234 g/mol. The van der Waals surface area contributed by atoms with Gasteiger partial charge in [0.05, 0.1) is 0 Å². The molecule has 0 aromatic rings. The van der Waals surface area contributed by atoms with E-state index in [1.807, 2.05) is 0 Å². The van der Waals surface area contributed by atoms with E-state index in [-0.39, 0.29) is 0 Å². The molecule has 0 rings (SSSR count). The summed E-state index contributed by atoms with van der Waals surface area (Å²) in [6, 6.07) is 0. The molecule has 0 bridgehead atoms. The average Bonchev–Trinajstić information content (AvgIpc) is 1.37. The fourth-order valence-corrected chi connectivity index (χ4v) is 0. The molecule has 3 nitrogen and oxygen atoms in total. The van der Waals surface area contributed by atoms with Gasteiger partial charge in [-0.3, -0.25) is 0 Å². The topological polar surface area (TPSA) is 48.8 Å². The van der Waals surface area contributed by atoms with E-state index >= 15 is 0 Å². The molecular formula is N3Os. The molecule has 0 saturated heterocycles. The molecule has 0 aliphatic rings. The Morgan fingerprint density at radius 2 is 2.25 bits per heavy atom. The Labute approximate surface area is 33.8 Å². The van der Waals surface area contributed by atoms with Gasteiger partial charge in [-0.25, -0.2) is 0 Å². The molecule has 0 atom stereocenters. The molecule has 0 spiro atoms. The first-order valence-electron chi connectivity index (χ1n) is 0.558. The number of hydrogen-bond donors (Lipinski definition) is 0. The van der Waals surface area contributed by atoms with E-state index in [9.17, 15) is 0 Å². The molecule has 0 aliphatic carbocycles. The van der Waals surface area contributed by atoms with Crippen LogP contribution in [0.1, 0.15) is 0 Å². The SMILES string of the molecule is [N-]=[N+]=[N][Os]. The van der Waals surface area contributed by atoms with Crippen molar-refractivity contribution in [2.24, 2.45) is 3.82 Å². The molecule has 0 aromatic carbocycles. The third-order valence-corrected chi connectivity index (χ3v) is 0.259. The molecule has 0 heterocycles. The summed E-state index contributed by atoms with van der Waals surface area (Å²) in [5, 5.41) is 0. The summed E-state index contributed by atoms with van der Waals surface area (Å²) in [6.07, 6.45) is 0. The standard InChI is InChI=1S/N3.Os/c1-3-2;/q-1;+1. The minimum atomic E-state index is 1.23. The summed E-state index contributed by atoms with van der Waals surface area (Å²) < 4.78 is 2.94. The Morgan fingerprint density at radius 1 is 2.00 bits per heavy atom. The number of azide groups is 1. The van der Waals surface area contributed by atoms with Gasteiger partial charge in [0.2, 0.25) is 0 Å². The maximum atomic E-state index is 7.34. The van der Waals surface area contributed by atoms with Gasteiger partial charge in [0.1, 0.15) is 0 Å². The van der Waals surface area contributed by atoms with Crippen molar-refractivity contribution < 1.29 is 18.8 Å². The van der Waals surface area contributed by atoms with Crippen LogP contribution in [-0.4, -0.2) is 0 Å². The van der Waals surface area contributed by atoms with Gasteiger partial charge in [0.25, 0.3) is 0 Å². The Bertz CT molecular complexity index is 41.2. The Balaban J connectivity index is 3.11. The zero-order valence-electron chi connectivity index (χ0n) is 1.70. The first-order valence-corrected chi connectivity index (χ1v) is 1.69. The summed E-state index contributed by atoms with van der Waals surface area (Å²) in [5.41, 5.74) is 7.34. The van der Waals surface area contributed by atoms with Crippen molar-refractivity contribution in [3.05, 3.63) is 10.4 Å². The van der Waals surface area contributed by atoms with Crippen LogP contribution < -0.4 is 0 Å². The molecule has 0 aliphatic heterocycles. The fraction of sp³-hybridized carbons (Fsp3) is 0. The summed E-state index contributed by atoms with van der Waals surface area (Å²) >= 11 is 1.23. The summed E-state index contributed by atoms with van der Waals surface area (Å²) in [7, 11) is 0. The van der Waals surface area contributed by atoms with Crippen LogP contribution in [0.15, 0.2) is 3.82 Å². The molecular weight excluding hydrogens is 232 g/mol. The number of nitrogens with zero attached hydrogens (tertiary/aromatic N) is 3. The predicted octanol–water partition coefficient (Wildman–Crippen LogP) is 0.759. The summed E-state index contributed by atoms with van der Waals surface area (Å²) in [5.74, 6) is 0. The number of rotatable bonds is 0. The second kappa shape index (κ2) is 2.95. The van der Waals surface area contributed by atoms with Crippen molar-refractivity contribution >= 4 is 0 Å². The van der Waals surface area contributed by atoms with Gasteiger partial charge in [-0.1, -0.05) is 0 Å². The molecule has 23 valence electrons. The number of hydrogen-bond acceptors (Lipinski definition) is 1. The summed E-state index contributed by atoms with van der Waals surface area (Å²) in [6.45, 7) is 0. The van der Waals surface area contributed by atoms with Crippen LogP contribution >= 0.6 is 0 Å². The van der Waals surface area contributed by atoms with E-state index in [1.54, 1.807) is 0 Å². The van der Waals surface area contributed by atoms with E-state index in [4.69, 9.17) is 5.53 Å². The second-order valence-electron chi connectivity index (χ2n) is 0.160. The Morgan fingerprint density at radius 3 is 2.25 bits per heavy atom. The zero-order chi connectivity index (χ0) is 3.41. The average molecular weight is 232 g/mol. The van der Waals surface area contributed by atoms with E-state index in [1.165, 1.54) is 18.8 Å². The van der Waals surface area contributed by atoms with Crippen LogP contribution in [-0.2, 0) is 18.8 Å². The first-order chi connectivity index (χ1) is 1.91. The van der Waals surface area contributed by atoms with Crippen LogP contribution in [0.4, 0.5) is 0 Å². The molecule has 4 heteroatoms. The molecule has 0 unspecified atom stereocenters. The van der Waals surface area contributed by atoms with Gasteiger partial charge in [-0.15, -0.1) is 0 Å². The van der Waals surface area contributed by atoms with Crippen molar-refractivity contribution in [2.45, 2.75) is 0 Å². The van der Waals surface area contributed by atoms with Crippen molar-refractivity contribution in [3.63, 3.8) is 0 Å². The van der Waals surface area contributed by atoms with Crippen LogP contribution in [0.5, 0.6) is 0 Å². The van der Waals surface area contributed by atoms with Crippen LogP contribution in [0.2, 0.25) is 0 Å². The molecule has 0 N–H and O–H groups in total. The molecule has 0 aromatic heterocycles. The van der Waals surface area contributed by atoms with Crippen LogP contribution in [0, 0.1) is 0 Å². The van der Waals surface area contributed by atoms with Crippen molar-refractivity contribution in [1.29, 1.82) is 0 Å². The van der Waals surface area contributed by atoms with E-state index in [0.717, 1.165) is 0 Å². The van der Waals surface area contributed by atoms with Gasteiger partial charge in [-0.2, -0.15) is 0 Å². The van der Waals surface area contributed by atoms with E-state index in [2.05, 4.69) is 8.73 Å². The van der Waals surface area contributed by atoms with E-state index in [0.29, 0.717) is 0 Å². The van der Waals surface area contributed by atoms with Gasteiger partial charge in [0.15, 0.2) is 0 Å². The van der Waals surface area contributed by atoms with Crippen molar-refractivity contribution in [1.82, 2.24) is 0 Å². The predicted molar refractivity (Wildman–Crippen MR) is 9.15 cm³/mol. The fourth-order valence-electron chi connectivity index (χ4n) is 0. The summed E-state index contributed by atoms with van der Waals surface area (Å²) in [4.78, 5) is 2.37. The van der Waals surface area contributed by atoms with Gasteiger partial charge in [0, 0.05) is 0 Å². The van der Waals surface area contributed by atoms with Crippen LogP contribution in [0.3, 0.4) is 0 Å². The second-order valence-corrected chi connectivity index (χ2v) is 0.668. The first kappa shape index (κ1) is 3.95. The van der Waals surface area contributed by atoms with Crippen molar-refractivity contribution in [2.75, 3.05) is 0 Å². The Hall–Kier alpha value is -0.0536. The molecule has 0 radical (unpaired) electrons. The quantitative estimate of drug-likeness (QED) is 0.336. The van der Waals surface area contributed by atoms with Gasteiger partial charge < -0.3 is 0 Å². The normalized spacial score (nSPS) is 4.25.